The van der Waals surface area contributed by atoms with Gasteiger partial charge in [0.1, 0.15) is 0 Å². The Labute approximate surface area is 85.6 Å². The fourth-order valence-corrected chi connectivity index (χ4v) is 2.29. The molecule has 0 nitrogen and oxygen atoms in total. The predicted molar refractivity (Wildman–Crippen MR) is 62.8 cm³/mol. The third-order valence-corrected chi connectivity index (χ3v) is 3.02. The van der Waals surface area contributed by atoms with Gasteiger partial charge in [0.15, 0.2) is 0 Å². The Bertz CT molecular complexity index is 467. The van der Waals surface area contributed by atoms with Crippen molar-refractivity contribution in [3.05, 3.63) is 47.0 Å². The molecule has 2 rings (SSSR count). The Morgan fingerprint density at radius 3 is 2.50 bits per heavy atom. The van der Waals surface area contributed by atoms with Crippen molar-refractivity contribution in [3.8, 4) is 0 Å². The van der Waals surface area contributed by atoms with E-state index >= 15 is 0 Å². The highest BCUT2D eigenvalue weighted by Crippen LogP contribution is 2.25. The van der Waals surface area contributed by atoms with E-state index in [4.69, 9.17) is 0 Å². The number of fused-ring (bicyclic) bond motifs is 1. The summed E-state index contributed by atoms with van der Waals surface area (Å²) in [5, 5.41) is 2.76. The second kappa shape index (κ2) is 3.45. The SMILES string of the molecule is CCc1c(C)cc2ccccc2c1C. The molecule has 72 valence electrons. The lowest BCUT2D eigenvalue weighted by Gasteiger charge is -2.11. The summed E-state index contributed by atoms with van der Waals surface area (Å²) in [7, 11) is 0. The van der Waals surface area contributed by atoms with E-state index in [9.17, 15) is 0 Å². The zero-order valence-corrected chi connectivity index (χ0v) is 9.09. The third-order valence-electron chi connectivity index (χ3n) is 3.02. The van der Waals surface area contributed by atoms with E-state index in [0.717, 1.165) is 6.42 Å². The zero-order valence-electron chi connectivity index (χ0n) is 9.09. The van der Waals surface area contributed by atoms with Crippen LogP contribution in [0, 0.1) is 13.8 Å². The lowest BCUT2D eigenvalue weighted by molar-refractivity contribution is 1.09. The lowest BCUT2D eigenvalue weighted by atomic mass is 9.94. The van der Waals surface area contributed by atoms with E-state index in [1.807, 2.05) is 0 Å². The summed E-state index contributed by atoms with van der Waals surface area (Å²) in [5.41, 5.74) is 4.37. The summed E-state index contributed by atoms with van der Waals surface area (Å²) in [6.45, 7) is 6.66. The van der Waals surface area contributed by atoms with E-state index in [1.54, 1.807) is 0 Å². The maximum absolute atomic E-state index is 2.29. The molecule has 2 aromatic carbocycles. The summed E-state index contributed by atoms with van der Waals surface area (Å²) in [6.07, 6.45) is 1.13. The first kappa shape index (κ1) is 9.26. The molecule has 0 atom stereocenters. The van der Waals surface area contributed by atoms with Crippen LogP contribution < -0.4 is 0 Å². The minimum Gasteiger partial charge on any atom is -0.0616 e. The monoisotopic (exact) mass is 184 g/mol. The van der Waals surface area contributed by atoms with Crippen LogP contribution in [-0.2, 0) is 6.42 Å². The normalized spacial score (nSPS) is 10.8. The van der Waals surface area contributed by atoms with E-state index in [1.165, 1.54) is 27.5 Å². The molecule has 0 aliphatic carbocycles. The van der Waals surface area contributed by atoms with Gasteiger partial charge in [-0.25, -0.2) is 0 Å². The number of hydrogen-bond acceptors (Lipinski definition) is 0. The van der Waals surface area contributed by atoms with Gasteiger partial charge in [-0.1, -0.05) is 37.3 Å². The standard InChI is InChI=1S/C14H16/c1-4-13-10(2)9-12-7-5-6-8-14(12)11(13)3/h5-9H,4H2,1-3H3. The smallest absolute Gasteiger partial charge is 0.0152 e. The number of rotatable bonds is 1. The van der Waals surface area contributed by atoms with Gasteiger partial charge in [-0.3, -0.25) is 0 Å². The van der Waals surface area contributed by atoms with Gasteiger partial charge < -0.3 is 0 Å². The molecule has 0 saturated heterocycles. The van der Waals surface area contributed by atoms with Crippen molar-refractivity contribution in [3.63, 3.8) is 0 Å². The topological polar surface area (TPSA) is 0 Å². The molecule has 0 amide bonds. The minimum atomic E-state index is 1.13. The summed E-state index contributed by atoms with van der Waals surface area (Å²) < 4.78 is 0. The molecule has 0 aliphatic heterocycles. The predicted octanol–water partition coefficient (Wildman–Crippen LogP) is 4.02. The van der Waals surface area contributed by atoms with Crippen LogP contribution in [0.4, 0.5) is 0 Å². The van der Waals surface area contributed by atoms with Crippen molar-refractivity contribution in [1.29, 1.82) is 0 Å². The Balaban J connectivity index is 2.86. The maximum Gasteiger partial charge on any atom is -0.0152 e. The van der Waals surface area contributed by atoms with Gasteiger partial charge >= 0.3 is 0 Å². The molecule has 0 N–H and O–H groups in total. The highest BCUT2D eigenvalue weighted by Gasteiger charge is 2.04. The molecule has 0 radical (unpaired) electrons. The summed E-state index contributed by atoms with van der Waals surface area (Å²) in [6, 6.07) is 10.9. The average Bonchev–Trinajstić information content (AvgIpc) is 2.18. The van der Waals surface area contributed by atoms with Crippen molar-refractivity contribution in [1.82, 2.24) is 0 Å². The van der Waals surface area contributed by atoms with E-state index in [-0.39, 0.29) is 0 Å². The second-order valence-corrected chi connectivity index (χ2v) is 3.87. The number of benzene rings is 2. The Morgan fingerprint density at radius 2 is 1.79 bits per heavy atom. The van der Waals surface area contributed by atoms with Crippen LogP contribution in [-0.4, -0.2) is 0 Å². The van der Waals surface area contributed by atoms with E-state index in [2.05, 4.69) is 51.1 Å². The fraction of sp³-hybridized carbons (Fsp3) is 0.286. The molecular weight excluding hydrogens is 168 g/mol. The molecular formula is C14H16. The third kappa shape index (κ3) is 1.31. The van der Waals surface area contributed by atoms with E-state index in [0.29, 0.717) is 0 Å². The molecule has 0 heteroatoms. The molecule has 0 unspecified atom stereocenters. The van der Waals surface area contributed by atoms with Crippen molar-refractivity contribution in [2.75, 3.05) is 0 Å². The van der Waals surface area contributed by atoms with Gasteiger partial charge in [0.2, 0.25) is 0 Å². The first-order chi connectivity index (χ1) is 6.74. The molecule has 0 saturated carbocycles. The molecule has 0 aromatic heterocycles. The molecule has 0 spiro atoms. The summed E-state index contributed by atoms with van der Waals surface area (Å²) in [4.78, 5) is 0. The molecule has 0 aliphatic rings. The first-order valence-corrected chi connectivity index (χ1v) is 5.22. The molecule has 0 bridgehead atoms. The Morgan fingerprint density at radius 1 is 1.07 bits per heavy atom. The Kier molecular flexibility index (Phi) is 2.28. The van der Waals surface area contributed by atoms with Crippen LogP contribution in [0.2, 0.25) is 0 Å². The van der Waals surface area contributed by atoms with Crippen molar-refractivity contribution in [2.45, 2.75) is 27.2 Å². The van der Waals surface area contributed by atoms with Crippen LogP contribution in [0.5, 0.6) is 0 Å². The zero-order chi connectivity index (χ0) is 10.1. The largest absolute Gasteiger partial charge is 0.0616 e. The van der Waals surface area contributed by atoms with Crippen LogP contribution in [0.15, 0.2) is 30.3 Å². The molecule has 0 fully saturated rings. The van der Waals surface area contributed by atoms with Crippen LogP contribution >= 0.6 is 0 Å². The van der Waals surface area contributed by atoms with Gasteiger partial charge in [0.05, 0.1) is 0 Å². The summed E-state index contributed by atoms with van der Waals surface area (Å²) >= 11 is 0. The van der Waals surface area contributed by atoms with Gasteiger partial charge in [-0.2, -0.15) is 0 Å². The summed E-state index contributed by atoms with van der Waals surface area (Å²) in [5.74, 6) is 0. The fourth-order valence-electron chi connectivity index (χ4n) is 2.29. The minimum absolute atomic E-state index is 1.13. The first-order valence-electron chi connectivity index (χ1n) is 5.22. The van der Waals surface area contributed by atoms with Crippen LogP contribution in [0.25, 0.3) is 10.8 Å². The highest BCUT2D eigenvalue weighted by atomic mass is 14.1. The van der Waals surface area contributed by atoms with Crippen LogP contribution in [0.3, 0.4) is 0 Å². The molecule has 14 heavy (non-hydrogen) atoms. The van der Waals surface area contributed by atoms with Crippen molar-refractivity contribution in [2.24, 2.45) is 0 Å². The van der Waals surface area contributed by atoms with Crippen molar-refractivity contribution >= 4 is 10.8 Å². The molecule has 2 aromatic rings. The maximum atomic E-state index is 2.29. The van der Waals surface area contributed by atoms with Gasteiger partial charge in [0, 0.05) is 0 Å². The lowest BCUT2D eigenvalue weighted by Crippen LogP contribution is -1.92. The molecule has 0 heterocycles. The van der Waals surface area contributed by atoms with Gasteiger partial charge in [-0.05, 0) is 47.7 Å². The van der Waals surface area contributed by atoms with Crippen molar-refractivity contribution < 1.29 is 0 Å². The highest BCUT2D eigenvalue weighted by molar-refractivity contribution is 5.87. The second-order valence-electron chi connectivity index (χ2n) is 3.87. The van der Waals surface area contributed by atoms with Gasteiger partial charge in [0.25, 0.3) is 0 Å². The number of aryl methyl sites for hydroxylation is 2. The van der Waals surface area contributed by atoms with Crippen LogP contribution in [0.1, 0.15) is 23.6 Å². The number of hydrogen-bond donors (Lipinski definition) is 0. The average molecular weight is 184 g/mol. The Hall–Kier alpha value is -1.30. The quantitative estimate of drug-likeness (QED) is 0.628. The van der Waals surface area contributed by atoms with E-state index < -0.39 is 0 Å². The van der Waals surface area contributed by atoms with Gasteiger partial charge in [-0.15, -0.1) is 0 Å².